The highest BCUT2D eigenvalue weighted by molar-refractivity contribution is 7.91. The zero-order chi connectivity index (χ0) is 24.1. The van der Waals surface area contributed by atoms with Crippen LogP contribution in [0.1, 0.15) is 13.8 Å². The SMILES string of the molecule is CCN(/C=C/C=C(/C=N/S(=O)(=O)C(F)(F)F)C1C=CN(S(=O)(=O)C(F)(F)F)C=C1)CC. The van der Waals surface area contributed by atoms with E-state index in [0.717, 1.165) is 12.2 Å². The number of halogens is 6. The minimum absolute atomic E-state index is 0.115. The highest BCUT2D eigenvalue weighted by atomic mass is 32.2. The average molecular weight is 495 g/mol. The third-order valence-electron chi connectivity index (χ3n) is 3.87. The monoisotopic (exact) mass is 495 g/mol. The molecule has 0 N–H and O–H groups in total. The minimum atomic E-state index is -5.84. The molecule has 0 fully saturated rings. The molecule has 0 atom stereocenters. The van der Waals surface area contributed by atoms with E-state index in [2.05, 4.69) is 4.40 Å². The van der Waals surface area contributed by atoms with Gasteiger partial charge in [-0.2, -0.15) is 47.6 Å². The van der Waals surface area contributed by atoms with Gasteiger partial charge in [-0.15, -0.1) is 0 Å². The summed E-state index contributed by atoms with van der Waals surface area (Å²) >= 11 is 0. The van der Waals surface area contributed by atoms with Crippen molar-refractivity contribution >= 4 is 26.3 Å². The first-order valence-corrected chi connectivity index (χ1v) is 11.4. The molecular formula is C16H19F6N3O4S2. The van der Waals surface area contributed by atoms with Gasteiger partial charge in [-0.1, -0.05) is 18.2 Å². The third kappa shape index (κ3) is 6.85. The lowest BCUT2D eigenvalue weighted by Crippen LogP contribution is -2.35. The lowest BCUT2D eigenvalue weighted by atomic mass is 9.98. The quantitative estimate of drug-likeness (QED) is 0.292. The van der Waals surface area contributed by atoms with E-state index < -0.39 is 37.0 Å². The molecule has 0 aromatic carbocycles. The third-order valence-corrected chi connectivity index (χ3v) is 6.22. The maximum Gasteiger partial charge on any atom is 0.518 e. The topological polar surface area (TPSA) is 87.1 Å². The van der Waals surface area contributed by atoms with Gasteiger partial charge in [0.2, 0.25) is 0 Å². The summed E-state index contributed by atoms with van der Waals surface area (Å²) < 4.78 is 123. The number of sulfonamides is 2. The van der Waals surface area contributed by atoms with Crippen molar-refractivity contribution in [2.24, 2.45) is 10.3 Å². The molecule has 0 unspecified atom stereocenters. The van der Waals surface area contributed by atoms with Crippen LogP contribution in [-0.2, 0) is 20.0 Å². The highest BCUT2D eigenvalue weighted by Gasteiger charge is 2.49. The number of hydrogen-bond donors (Lipinski definition) is 0. The number of rotatable bonds is 8. The Bertz CT molecular complexity index is 975. The second kappa shape index (κ2) is 9.89. The van der Waals surface area contributed by atoms with E-state index in [0.29, 0.717) is 31.7 Å². The van der Waals surface area contributed by atoms with Crippen LogP contribution in [0.3, 0.4) is 0 Å². The molecule has 0 amide bonds. The van der Waals surface area contributed by atoms with Gasteiger partial charge in [-0.05, 0) is 31.7 Å². The fraction of sp³-hybridized carbons (Fsp3) is 0.438. The molecule has 15 heteroatoms. The van der Waals surface area contributed by atoms with Crippen molar-refractivity contribution in [3.8, 4) is 0 Å². The lowest BCUT2D eigenvalue weighted by molar-refractivity contribution is -0.0469. The van der Waals surface area contributed by atoms with E-state index in [4.69, 9.17) is 0 Å². The summed E-state index contributed by atoms with van der Waals surface area (Å²) in [6.07, 6.45) is 7.55. The van der Waals surface area contributed by atoms with Gasteiger partial charge in [0.05, 0.1) is 0 Å². The van der Waals surface area contributed by atoms with Crippen molar-refractivity contribution in [1.29, 1.82) is 0 Å². The van der Waals surface area contributed by atoms with Crippen LogP contribution in [-0.4, -0.2) is 56.4 Å². The summed E-state index contributed by atoms with van der Waals surface area (Å²) in [7, 11) is -11.5. The molecule has 0 aromatic rings. The molecule has 0 saturated carbocycles. The van der Waals surface area contributed by atoms with E-state index in [1.165, 1.54) is 12.2 Å². The van der Waals surface area contributed by atoms with Gasteiger partial charge in [-0.25, -0.2) is 4.31 Å². The van der Waals surface area contributed by atoms with E-state index in [-0.39, 0.29) is 9.88 Å². The normalized spacial score (nSPS) is 17.3. The number of alkyl halides is 6. The van der Waals surface area contributed by atoms with Crippen molar-refractivity contribution in [1.82, 2.24) is 9.21 Å². The predicted octanol–water partition coefficient (Wildman–Crippen LogP) is 3.50. The first-order chi connectivity index (χ1) is 14.1. The maximum atomic E-state index is 12.6. The second-order valence-corrected chi connectivity index (χ2v) is 9.33. The first kappa shape index (κ1) is 26.7. The molecule has 1 heterocycles. The van der Waals surface area contributed by atoms with Crippen molar-refractivity contribution in [3.63, 3.8) is 0 Å². The van der Waals surface area contributed by atoms with E-state index >= 15 is 0 Å². The fourth-order valence-electron chi connectivity index (χ4n) is 2.11. The van der Waals surface area contributed by atoms with Crippen LogP contribution in [0.4, 0.5) is 26.3 Å². The molecule has 0 aliphatic carbocycles. The van der Waals surface area contributed by atoms with Gasteiger partial charge in [0.25, 0.3) is 0 Å². The van der Waals surface area contributed by atoms with Crippen LogP contribution >= 0.6 is 0 Å². The first-order valence-electron chi connectivity index (χ1n) is 8.52. The van der Waals surface area contributed by atoms with Gasteiger partial charge in [0, 0.05) is 37.6 Å². The molecule has 176 valence electrons. The molecule has 0 aromatic heterocycles. The Labute approximate surface area is 175 Å². The van der Waals surface area contributed by atoms with Crippen LogP contribution in [0, 0.1) is 5.92 Å². The molecular weight excluding hydrogens is 476 g/mol. The Balaban J connectivity index is 3.28. The van der Waals surface area contributed by atoms with Gasteiger partial charge in [0.15, 0.2) is 0 Å². The van der Waals surface area contributed by atoms with Crippen molar-refractivity contribution in [2.45, 2.75) is 24.9 Å². The number of hydrogen-bond acceptors (Lipinski definition) is 5. The standard InChI is InChI=1S/C16H19F6N3O4S2/c1-3-24(4-2)9-5-6-14(12-23-30(26,27)15(17,18)19)13-7-10-25(11-8-13)31(28,29)16(20,21)22/h5-13H,3-4H2,1-2H3/b9-5+,14-6-,23-12+. The van der Waals surface area contributed by atoms with Gasteiger partial charge < -0.3 is 4.90 Å². The van der Waals surface area contributed by atoms with Gasteiger partial charge >= 0.3 is 31.1 Å². The molecule has 0 bridgehead atoms. The zero-order valence-corrected chi connectivity index (χ0v) is 17.8. The van der Waals surface area contributed by atoms with Gasteiger partial charge in [0.1, 0.15) is 0 Å². The van der Waals surface area contributed by atoms with Crippen molar-refractivity contribution in [3.05, 3.63) is 48.5 Å². The summed E-state index contributed by atoms with van der Waals surface area (Å²) in [5.74, 6) is -1.05. The van der Waals surface area contributed by atoms with Crippen LogP contribution in [0.25, 0.3) is 0 Å². The average Bonchev–Trinajstić information content (AvgIpc) is 2.66. The molecule has 0 spiro atoms. The molecule has 31 heavy (non-hydrogen) atoms. The summed E-state index contributed by atoms with van der Waals surface area (Å²) in [4.78, 5) is 1.79. The Morgan fingerprint density at radius 1 is 1.00 bits per heavy atom. The van der Waals surface area contributed by atoms with Crippen LogP contribution in [0.2, 0.25) is 0 Å². The zero-order valence-electron chi connectivity index (χ0n) is 16.2. The Morgan fingerprint density at radius 2 is 1.52 bits per heavy atom. The molecule has 0 radical (unpaired) electrons. The fourth-order valence-corrected chi connectivity index (χ4v) is 3.19. The molecule has 1 rings (SSSR count). The number of nitrogens with zero attached hydrogens (tertiary/aromatic N) is 3. The maximum absolute atomic E-state index is 12.6. The summed E-state index contributed by atoms with van der Waals surface area (Å²) in [6.45, 7) is 4.86. The Kier molecular flexibility index (Phi) is 8.53. The number of allylic oxidation sites excluding steroid dienone is 5. The Morgan fingerprint density at radius 3 is 1.94 bits per heavy atom. The Hall–Kier alpha value is -2.29. The summed E-state index contributed by atoms with van der Waals surface area (Å²) in [5.41, 5.74) is -11.4. The highest BCUT2D eigenvalue weighted by Crippen LogP contribution is 2.30. The van der Waals surface area contributed by atoms with Crippen LogP contribution in [0.15, 0.2) is 52.9 Å². The second-order valence-electron chi connectivity index (χ2n) is 5.87. The minimum Gasteiger partial charge on any atom is -0.378 e. The van der Waals surface area contributed by atoms with Crippen LogP contribution < -0.4 is 0 Å². The summed E-state index contributed by atoms with van der Waals surface area (Å²) in [5, 5.41) is 0. The largest absolute Gasteiger partial charge is 0.518 e. The van der Waals surface area contributed by atoms with E-state index in [9.17, 15) is 43.2 Å². The molecule has 1 aliphatic heterocycles. The van der Waals surface area contributed by atoms with Gasteiger partial charge in [-0.3, -0.25) is 0 Å². The molecule has 1 aliphatic rings. The van der Waals surface area contributed by atoms with Crippen molar-refractivity contribution < 1.29 is 43.2 Å². The van der Waals surface area contributed by atoms with Crippen LogP contribution in [0.5, 0.6) is 0 Å². The van der Waals surface area contributed by atoms with E-state index in [1.54, 1.807) is 11.1 Å². The smallest absolute Gasteiger partial charge is 0.378 e. The lowest BCUT2D eigenvalue weighted by Gasteiger charge is -2.22. The van der Waals surface area contributed by atoms with Crippen molar-refractivity contribution in [2.75, 3.05) is 13.1 Å². The molecule has 0 saturated heterocycles. The predicted molar refractivity (Wildman–Crippen MR) is 102 cm³/mol. The summed E-state index contributed by atoms with van der Waals surface area (Å²) in [6, 6.07) is 0. The van der Waals surface area contributed by atoms with E-state index in [1.807, 2.05) is 13.8 Å². The molecule has 7 nitrogen and oxygen atoms in total.